The number of nitrogens with one attached hydrogen (secondary N) is 1. The predicted octanol–water partition coefficient (Wildman–Crippen LogP) is 1.44. The molecule has 1 aromatic heterocycles. The molecule has 18 heavy (non-hydrogen) atoms. The fourth-order valence-electron chi connectivity index (χ4n) is 2.13. The van der Waals surface area contributed by atoms with Crippen molar-refractivity contribution in [1.29, 1.82) is 0 Å². The Morgan fingerprint density at radius 1 is 1.44 bits per heavy atom. The molecule has 2 rings (SSSR count). The highest BCUT2D eigenvalue weighted by molar-refractivity contribution is 5.49. The van der Waals surface area contributed by atoms with Crippen LogP contribution in [0.4, 0.5) is 0 Å². The van der Waals surface area contributed by atoms with Crippen molar-refractivity contribution in [2.24, 2.45) is 5.92 Å². The monoisotopic (exact) mass is 244 g/mol. The summed E-state index contributed by atoms with van der Waals surface area (Å²) in [4.78, 5) is 11.8. The first-order chi connectivity index (χ1) is 8.54. The Morgan fingerprint density at radius 2 is 2.11 bits per heavy atom. The summed E-state index contributed by atoms with van der Waals surface area (Å²) in [5.41, 5.74) is 1.92. The van der Waals surface area contributed by atoms with E-state index < -0.39 is 0 Å². The van der Waals surface area contributed by atoms with Crippen molar-refractivity contribution < 1.29 is 0 Å². The molecular formula is C15H20N2O. The minimum Gasteiger partial charge on any atom is -0.267 e. The summed E-state index contributed by atoms with van der Waals surface area (Å²) in [6, 6.07) is 0. The molecule has 0 spiro atoms. The van der Waals surface area contributed by atoms with Crippen LogP contribution in [0.2, 0.25) is 0 Å². The fourth-order valence-corrected chi connectivity index (χ4v) is 2.13. The van der Waals surface area contributed by atoms with Gasteiger partial charge in [0.2, 0.25) is 0 Å². The topological polar surface area (TPSA) is 45.8 Å². The van der Waals surface area contributed by atoms with Gasteiger partial charge in [-0.1, -0.05) is 32.1 Å². The molecule has 0 saturated heterocycles. The summed E-state index contributed by atoms with van der Waals surface area (Å²) in [6.07, 6.45) is 6.32. The molecular weight excluding hydrogens is 224 g/mol. The number of rotatable bonds is 3. The smallest absolute Gasteiger partial charge is 0.267 e. The lowest BCUT2D eigenvalue weighted by Crippen LogP contribution is -2.44. The molecule has 0 amide bonds. The number of hydrogen-bond donors (Lipinski definition) is 1. The van der Waals surface area contributed by atoms with Gasteiger partial charge in [-0.25, -0.2) is 5.10 Å². The van der Waals surface area contributed by atoms with Gasteiger partial charge in [-0.15, -0.1) is 0 Å². The van der Waals surface area contributed by atoms with Gasteiger partial charge >= 0.3 is 0 Å². The Hall–Kier alpha value is -1.64. The normalized spacial score (nSPS) is 17.6. The molecule has 1 aromatic rings. The first-order valence-electron chi connectivity index (χ1n) is 6.50. The molecule has 0 bridgehead atoms. The first-order valence-corrected chi connectivity index (χ1v) is 6.50. The number of hydrogen-bond acceptors (Lipinski definition) is 2. The molecule has 1 saturated carbocycles. The molecule has 0 unspecified atom stereocenters. The van der Waals surface area contributed by atoms with Crippen LogP contribution in [-0.4, -0.2) is 10.2 Å². The van der Waals surface area contributed by atoms with Gasteiger partial charge in [0.15, 0.2) is 0 Å². The molecule has 3 nitrogen and oxygen atoms in total. The zero-order chi connectivity index (χ0) is 13.3. The second-order valence-electron chi connectivity index (χ2n) is 5.20. The zero-order valence-electron chi connectivity index (χ0n) is 11.3. The molecule has 96 valence electrons. The van der Waals surface area contributed by atoms with E-state index in [0.29, 0.717) is 11.1 Å². The minimum atomic E-state index is -0.128. The second-order valence-corrected chi connectivity index (χ2v) is 5.20. The summed E-state index contributed by atoms with van der Waals surface area (Å²) in [5.74, 6) is 0.882. The van der Waals surface area contributed by atoms with Gasteiger partial charge in [0.25, 0.3) is 5.56 Å². The van der Waals surface area contributed by atoms with E-state index in [2.05, 4.69) is 30.6 Å². The van der Waals surface area contributed by atoms with E-state index in [1.54, 1.807) is 0 Å². The molecule has 1 heterocycles. The van der Waals surface area contributed by atoms with Crippen LogP contribution < -0.4 is 16.0 Å². The quantitative estimate of drug-likeness (QED) is 0.874. The summed E-state index contributed by atoms with van der Waals surface area (Å²) < 4.78 is 0. The summed E-state index contributed by atoms with van der Waals surface area (Å²) in [6.45, 7) is 10.2. The number of aromatic amines is 1. The molecule has 0 atom stereocenters. The van der Waals surface area contributed by atoms with Crippen molar-refractivity contribution in [1.82, 2.24) is 10.2 Å². The maximum absolute atomic E-state index is 11.8. The second kappa shape index (κ2) is 4.92. The lowest BCUT2D eigenvalue weighted by Gasteiger charge is -2.06. The van der Waals surface area contributed by atoms with E-state index >= 15 is 0 Å². The van der Waals surface area contributed by atoms with Crippen LogP contribution in [0.1, 0.15) is 45.2 Å². The van der Waals surface area contributed by atoms with E-state index in [1.165, 1.54) is 12.8 Å². The minimum absolute atomic E-state index is 0.128. The number of nitrogens with zero attached hydrogens (tertiary/aromatic N) is 1. The van der Waals surface area contributed by atoms with Gasteiger partial charge in [-0.05, 0) is 37.7 Å². The molecule has 1 aliphatic rings. The van der Waals surface area contributed by atoms with Crippen LogP contribution in [0.25, 0.3) is 12.2 Å². The SMILES string of the molecule is C=C(/C=c1/c(C(C)C)n[nH]c(=O)/c1=C/C)C1CC1. The van der Waals surface area contributed by atoms with E-state index in [1.807, 2.05) is 19.1 Å². The van der Waals surface area contributed by atoms with Gasteiger partial charge in [0.05, 0.1) is 5.69 Å². The lowest BCUT2D eigenvalue weighted by molar-refractivity contribution is 0.761. The lowest BCUT2D eigenvalue weighted by atomic mass is 10.0. The molecule has 1 N–H and O–H groups in total. The third-order valence-corrected chi connectivity index (χ3v) is 3.36. The Bertz CT molecular complexity index is 633. The third kappa shape index (κ3) is 2.45. The largest absolute Gasteiger partial charge is 0.271 e. The van der Waals surface area contributed by atoms with Gasteiger partial charge in [-0.3, -0.25) is 4.79 Å². The van der Waals surface area contributed by atoms with Crippen molar-refractivity contribution in [2.45, 2.75) is 39.5 Å². The standard InChI is InChI=1S/C15H20N2O/c1-5-12-13(8-10(4)11-6-7-11)14(9(2)3)16-17-15(12)18/h5,8-9,11H,4,6-7H2,1-3H3,(H,17,18)/b12-5+,13-8+. The predicted molar refractivity (Wildman–Crippen MR) is 74.7 cm³/mol. The Morgan fingerprint density at radius 3 is 2.61 bits per heavy atom. The number of H-pyrrole nitrogens is 1. The van der Waals surface area contributed by atoms with Gasteiger partial charge < -0.3 is 0 Å². The van der Waals surface area contributed by atoms with Crippen molar-refractivity contribution in [3.63, 3.8) is 0 Å². The van der Waals surface area contributed by atoms with Gasteiger partial charge in [0, 0.05) is 10.4 Å². The van der Waals surface area contributed by atoms with Crippen LogP contribution in [-0.2, 0) is 0 Å². The van der Waals surface area contributed by atoms with Gasteiger partial charge in [-0.2, -0.15) is 5.10 Å². The van der Waals surface area contributed by atoms with Crippen molar-refractivity contribution in [3.8, 4) is 0 Å². The molecule has 0 aliphatic heterocycles. The molecule has 0 aromatic carbocycles. The van der Waals surface area contributed by atoms with Crippen LogP contribution in [0.5, 0.6) is 0 Å². The van der Waals surface area contributed by atoms with E-state index in [9.17, 15) is 4.79 Å². The molecule has 1 aliphatic carbocycles. The Kier molecular flexibility index (Phi) is 3.50. The van der Waals surface area contributed by atoms with Gasteiger partial charge in [0.1, 0.15) is 0 Å². The van der Waals surface area contributed by atoms with Crippen LogP contribution in [0, 0.1) is 5.92 Å². The fraction of sp³-hybridized carbons (Fsp3) is 0.467. The number of aromatic nitrogens is 2. The van der Waals surface area contributed by atoms with Crippen molar-refractivity contribution in [3.05, 3.63) is 38.6 Å². The van der Waals surface area contributed by atoms with Crippen LogP contribution >= 0.6 is 0 Å². The average Bonchev–Trinajstić information content (AvgIpc) is 3.12. The average molecular weight is 244 g/mol. The maximum Gasteiger partial charge on any atom is 0.271 e. The van der Waals surface area contributed by atoms with E-state index in [4.69, 9.17) is 0 Å². The van der Waals surface area contributed by atoms with E-state index in [0.717, 1.165) is 16.5 Å². The third-order valence-electron chi connectivity index (χ3n) is 3.36. The molecule has 1 fully saturated rings. The zero-order valence-corrected chi connectivity index (χ0v) is 11.3. The van der Waals surface area contributed by atoms with Crippen LogP contribution in [0.15, 0.2) is 16.9 Å². The Balaban J connectivity index is 2.72. The maximum atomic E-state index is 11.8. The highest BCUT2D eigenvalue weighted by Gasteiger charge is 2.23. The molecule has 0 radical (unpaired) electrons. The van der Waals surface area contributed by atoms with Crippen molar-refractivity contribution >= 4 is 12.2 Å². The summed E-state index contributed by atoms with van der Waals surface area (Å²) >= 11 is 0. The number of allylic oxidation sites excluding steroid dienone is 1. The summed E-state index contributed by atoms with van der Waals surface area (Å²) in [7, 11) is 0. The van der Waals surface area contributed by atoms with E-state index in [-0.39, 0.29) is 11.5 Å². The highest BCUT2D eigenvalue weighted by atomic mass is 16.1. The Labute approximate surface area is 107 Å². The highest BCUT2D eigenvalue weighted by Crippen LogP contribution is 2.36. The summed E-state index contributed by atoms with van der Waals surface area (Å²) in [5, 5.41) is 8.40. The first kappa shape index (κ1) is 12.8. The molecule has 3 heteroatoms. The van der Waals surface area contributed by atoms with Crippen molar-refractivity contribution in [2.75, 3.05) is 0 Å². The van der Waals surface area contributed by atoms with Crippen LogP contribution in [0.3, 0.4) is 0 Å².